The zero-order valence-corrected chi connectivity index (χ0v) is 11.9. The summed E-state index contributed by atoms with van der Waals surface area (Å²) >= 11 is 0. The second-order valence-corrected chi connectivity index (χ2v) is 4.38. The number of phenolic OH excluding ortho intramolecular Hbond substituents is 2. The SMILES string of the molecule is Cl.N[C@@H](c1ccc(OC(F)(F)F)cc1)c1cc(O)cc(O)c1. The zero-order chi connectivity index (χ0) is 15.6. The number of rotatable bonds is 3. The van der Waals surface area contributed by atoms with Crippen molar-refractivity contribution in [3.63, 3.8) is 0 Å². The van der Waals surface area contributed by atoms with E-state index in [-0.39, 0.29) is 29.7 Å². The molecular weight excluding hydrogens is 323 g/mol. The molecule has 2 aromatic carbocycles. The first-order valence-electron chi connectivity index (χ1n) is 5.89. The fourth-order valence-corrected chi connectivity index (χ4v) is 1.87. The molecule has 22 heavy (non-hydrogen) atoms. The average Bonchev–Trinajstić information content (AvgIpc) is 2.35. The maximum atomic E-state index is 12.1. The van der Waals surface area contributed by atoms with Gasteiger partial charge in [-0.05, 0) is 35.4 Å². The Morgan fingerprint density at radius 3 is 1.86 bits per heavy atom. The van der Waals surface area contributed by atoms with Crippen molar-refractivity contribution in [3.8, 4) is 17.2 Å². The summed E-state index contributed by atoms with van der Waals surface area (Å²) in [5.74, 6) is -0.660. The van der Waals surface area contributed by atoms with Crippen molar-refractivity contribution in [1.29, 1.82) is 0 Å². The standard InChI is InChI=1S/C14H12F3NO3.ClH/c15-14(16,17)21-12-3-1-8(2-4-12)13(18)9-5-10(19)7-11(20)6-9;/h1-7,13,19-20H,18H2;1H/t13-;/m0./s1. The van der Waals surface area contributed by atoms with E-state index in [9.17, 15) is 23.4 Å². The Morgan fingerprint density at radius 1 is 0.909 bits per heavy atom. The number of ether oxygens (including phenoxy) is 1. The fraction of sp³-hybridized carbons (Fsp3) is 0.143. The van der Waals surface area contributed by atoms with E-state index in [1.807, 2.05) is 0 Å². The van der Waals surface area contributed by atoms with Crippen LogP contribution in [0, 0.1) is 0 Å². The molecule has 4 nitrogen and oxygen atoms in total. The van der Waals surface area contributed by atoms with Crippen molar-refractivity contribution in [2.24, 2.45) is 5.73 Å². The van der Waals surface area contributed by atoms with Crippen molar-refractivity contribution < 1.29 is 28.1 Å². The Kier molecular flexibility index (Phi) is 5.51. The molecule has 0 aliphatic heterocycles. The van der Waals surface area contributed by atoms with Crippen LogP contribution in [-0.2, 0) is 0 Å². The quantitative estimate of drug-likeness (QED) is 0.803. The van der Waals surface area contributed by atoms with E-state index in [0.29, 0.717) is 11.1 Å². The number of aromatic hydroxyl groups is 2. The molecule has 0 amide bonds. The van der Waals surface area contributed by atoms with Gasteiger partial charge < -0.3 is 20.7 Å². The van der Waals surface area contributed by atoms with Crippen LogP contribution in [0.2, 0.25) is 0 Å². The Hall–Kier alpha value is -2.12. The van der Waals surface area contributed by atoms with Crippen LogP contribution in [0.1, 0.15) is 17.2 Å². The van der Waals surface area contributed by atoms with Crippen LogP contribution in [0.5, 0.6) is 17.2 Å². The lowest BCUT2D eigenvalue weighted by Crippen LogP contribution is -2.17. The highest BCUT2D eigenvalue weighted by Crippen LogP contribution is 2.29. The molecule has 8 heteroatoms. The lowest BCUT2D eigenvalue weighted by molar-refractivity contribution is -0.274. The molecule has 0 saturated heterocycles. The number of alkyl halides is 3. The van der Waals surface area contributed by atoms with Gasteiger partial charge in [-0.2, -0.15) is 0 Å². The molecule has 0 radical (unpaired) electrons. The Labute approximate surface area is 130 Å². The van der Waals surface area contributed by atoms with Crippen LogP contribution >= 0.6 is 12.4 Å². The van der Waals surface area contributed by atoms with E-state index >= 15 is 0 Å². The van der Waals surface area contributed by atoms with Crippen LogP contribution in [0.25, 0.3) is 0 Å². The molecule has 0 aliphatic rings. The molecule has 0 saturated carbocycles. The zero-order valence-electron chi connectivity index (χ0n) is 11.0. The predicted molar refractivity (Wildman–Crippen MR) is 76.2 cm³/mol. The van der Waals surface area contributed by atoms with Crippen molar-refractivity contribution in [3.05, 3.63) is 53.6 Å². The summed E-state index contributed by atoms with van der Waals surface area (Å²) in [5.41, 5.74) is 6.88. The maximum Gasteiger partial charge on any atom is 0.573 e. The van der Waals surface area contributed by atoms with Gasteiger partial charge in [-0.25, -0.2) is 0 Å². The number of hydrogen-bond acceptors (Lipinski definition) is 4. The van der Waals surface area contributed by atoms with Gasteiger partial charge in [0, 0.05) is 6.07 Å². The lowest BCUT2D eigenvalue weighted by atomic mass is 9.99. The molecular formula is C14H13ClF3NO3. The summed E-state index contributed by atoms with van der Waals surface area (Å²) in [6, 6.07) is 8.23. The van der Waals surface area contributed by atoms with E-state index in [2.05, 4.69) is 4.74 Å². The predicted octanol–water partition coefficient (Wildman–Crippen LogP) is 3.47. The molecule has 0 bridgehead atoms. The van der Waals surface area contributed by atoms with E-state index in [1.165, 1.54) is 24.3 Å². The normalized spacial score (nSPS) is 12.4. The topological polar surface area (TPSA) is 75.7 Å². The van der Waals surface area contributed by atoms with E-state index in [4.69, 9.17) is 5.73 Å². The van der Waals surface area contributed by atoms with Crippen LogP contribution in [0.3, 0.4) is 0 Å². The highest BCUT2D eigenvalue weighted by molar-refractivity contribution is 5.85. The maximum absolute atomic E-state index is 12.1. The number of phenols is 2. The molecule has 2 rings (SSSR count). The largest absolute Gasteiger partial charge is 0.573 e. The lowest BCUT2D eigenvalue weighted by Gasteiger charge is -2.14. The summed E-state index contributed by atoms with van der Waals surface area (Å²) < 4.78 is 39.9. The number of benzene rings is 2. The van der Waals surface area contributed by atoms with Crippen LogP contribution in [0.4, 0.5) is 13.2 Å². The van der Waals surface area contributed by atoms with Gasteiger partial charge in [0.15, 0.2) is 0 Å². The van der Waals surface area contributed by atoms with E-state index < -0.39 is 12.4 Å². The highest BCUT2D eigenvalue weighted by Gasteiger charge is 2.31. The van der Waals surface area contributed by atoms with E-state index in [1.54, 1.807) is 0 Å². The minimum absolute atomic E-state index is 0. The summed E-state index contributed by atoms with van der Waals surface area (Å²) in [4.78, 5) is 0. The second-order valence-electron chi connectivity index (χ2n) is 4.38. The highest BCUT2D eigenvalue weighted by atomic mass is 35.5. The molecule has 1 atom stereocenters. The average molecular weight is 336 g/mol. The summed E-state index contributed by atoms with van der Waals surface area (Å²) in [6.45, 7) is 0. The number of hydrogen-bond donors (Lipinski definition) is 3. The molecule has 0 aromatic heterocycles. The van der Waals surface area contributed by atoms with Gasteiger partial charge in [-0.15, -0.1) is 25.6 Å². The van der Waals surface area contributed by atoms with E-state index in [0.717, 1.165) is 18.2 Å². The summed E-state index contributed by atoms with van der Waals surface area (Å²) in [7, 11) is 0. The first-order valence-corrected chi connectivity index (χ1v) is 5.89. The Morgan fingerprint density at radius 2 is 1.41 bits per heavy atom. The molecule has 0 fully saturated rings. The molecule has 0 unspecified atom stereocenters. The minimum Gasteiger partial charge on any atom is -0.508 e. The Balaban J connectivity index is 0.00000242. The van der Waals surface area contributed by atoms with Crippen molar-refractivity contribution >= 4 is 12.4 Å². The fourth-order valence-electron chi connectivity index (χ4n) is 1.87. The Bertz CT molecular complexity index is 612. The smallest absolute Gasteiger partial charge is 0.508 e. The van der Waals surface area contributed by atoms with Crippen LogP contribution in [0.15, 0.2) is 42.5 Å². The number of nitrogens with two attached hydrogens (primary N) is 1. The van der Waals surface area contributed by atoms with Crippen LogP contribution in [-0.4, -0.2) is 16.6 Å². The minimum atomic E-state index is -4.75. The monoisotopic (exact) mass is 335 g/mol. The van der Waals surface area contributed by atoms with Gasteiger partial charge in [0.05, 0.1) is 6.04 Å². The first kappa shape index (κ1) is 17.9. The van der Waals surface area contributed by atoms with Gasteiger partial charge >= 0.3 is 6.36 Å². The van der Waals surface area contributed by atoms with Gasteiger partial charge in [-0.1, -0.05) is 12.1 Å². The van der Waals surface area contributed by atoms with Gasteiger partial charge in [-0.3, -0.25) is 0 Å². The third kappa shape index (κ3) is 4.71. The van der Waals surface area contributed by atoms with Crippen LogP contribution < -0.4 is 10.5 Å². The van der Waals surface area contributed by atoms with Gasteiger partial charge in [0.1, 0.15) is 17.2 Å². The summed E-state index contributed by atoms with van der Waals surface area (Å²) in [5, 5.41) is 18.8. The number of halogens is 4. The van der Waals surface area contributed by atoms with Gasteiger partial charge in [0.2, 0.25) is 0 Å². The molecule has 4 N–H and O–H groups in total. The third-order valence-corrected chi connectivity index (χ3v) is 2.76. The van der Waals surface area contributed by atoms with Crippen molar-refractivity contribution in [2.45, 2.75) is 12.4 Å². The molecule has 0 aliphatic carbocycles. The molecule has 0 spiro atoms. The third-order valence-electron chi connectivity index (χ3n) is 2.76. The van der Waals surface area contributed by atoms with Crippen molar-refractivity contribution in [1.82, 2.24) is 0 Å². The molecule has 120 valence electrons. The summed E-state index contributed by atoms with van der Waals surface area (Å²) in [6.07, 6.45) is -4.75. The second kappa shape index (κ2) is 6.76. The molecule has 2 aromatic rings. The van der Waals surface area contributed by atoms with Gasteiger partial charge in [0.25, 0.3) is 0 Å². The van der Waals surface area contributed by atoms with Crippen molar-refractivity contribution in [2.75, 3.05) is 0 Å². The first-order chi connectivity index (χ1) is 9.74. The molecule has 0 heterocycles.